The summed E-state index contributed by atoms with van der Waals surface area (Å²) in [5.41, 5.74) is 1.00. The number of benzene rings is 1. The summed E-state index contributed by atoms with van der Waals surface area (Å²) in [5, 5.41) is 7.45. The van der Waals surface area contributed by atoms with E-state index in [0.29, 0.717) is 12.6 Å². The van der Waals surface area contributed by atoms with Crippen molar-refractivity contribution in [2.75, 3.05) is 11.9 Å². The molecule has 1 aromatic carbocycles. The van der Waals surface area contributed by atoms with Gasteiger partial charge in [-0.25, -0.2) is 0 Å². The van der Waals surface area contributed by atoms with Crippen molar-refractivity contribution >= 4 is 23.0 Å². The van der Waals surface area contributed by atoms with E-state index in [1.165, 1.54) is 44.9 Å². The molecule has 116 valence electrons. The maximum absolute atomic E-state index is 5.44. The zero-order valence-corrected chi connectivity index (χ0v) is 13.7. The zero-order valence-electron chi connectivity index (χ0n) is 12.9. The minimum absolute atomic E-state index is 0.521. The highest BCUT2D eigenvalue weighted by Crippen LogP contribution is 2.18. The van der Waals surface area contributed by atoms with Crippen LogP contribution in [0.15, 0.2) is 24.3 Å². The first kappa shape index (κ1) is 16.1. The van der Waals surface area contributed by atoms with Crippen LogP contribution in [0.3, 0.4) is 0 Å². The summed E-state index contributed by atoms with van der Waals surface area (Å²) in [6, 6.07) is 8.44. The fourth-order valence-corrected chi connectivity index (χ4v) is 3.04. The Morgan fingerprint density at radius 2 is 1.71 bits per heavy atom. The minimum Gasteiger partial charge on any atom is -0.494 e. The smallest absolute Gasteiger partial charge is 0.170 e. The third-order valence-corrected chi connectivity index (χ3v) is 4.08. The quantitative estimate of drug-likeness (QED) is 0.803. The van der Waals surface area contributed by atoms with Gasteiger partial charge in [0, 0.05) is 11.7 Å². The van der Waals surface area contributed by atoms with Gasteiger partial charge in [0.25, 0.3) is 0 Å². The second kappa shape index (κ2) is 8.88. The third-order valence-electron chi connectivity index (χ3n) is 3.86. The molecule has 0 heterocycles. The van der Waals surface area contributed by atoms with Crippen molar-refractivity contribution in [1.29, 1.82) is 0 Å². The molecule has 0 aliphatic heterocycles. The molecule has 1 aliphatic carbocycles. The van der Waals surface area contributed by atoms with Gasteiger partial charge in [0.2, 0.25) is 0 Å². The number of anilines is 1. The van der Waals surface area contributed by atoms with E-state index in [9.17, 15) is 0 Å². The van der Waals surface area contributed by atoms with Gasteiger partial charge in [-0.2, -0.15) is 0 Å². The Labute approximate surface area is 133 Å². The first-order valence-electron chi connectivity index (χ1n) is 8.08. The molecule has 1 aromatic rings. The molecule has 4 heteroatoms. The zero-order chi connectivity index (χ0) is 14.9. The average Bonchev–Trinajstić information content (AvgIpc) is 2.44. The van der Waals surface area contributed by atoms with Crippen LogP contribution in [0.1, 0.15) is 51.9 Å². The molecule has 0 aromatic heterocycles. The molecule has 0 unspecified atom stereocenters. The van der Waals surface area contributed by atoms with E-state index >= 15 is 0 Å². The van der Waals surface area contributed by atoms with E-state index in [1.54, 1.807) is 0 Å². The first-order valence-corrected chi connectivity index (χ1v) is 8.49. The van der Waals surface area contributed by atoms with Gasteiger partial charge in [-0.05, 0) is 56.2 Å². The molecule has 3 nitrogen and oxygen atoms in total. The Kier molecular flexibility index (Phi) is 6.80. The van der Waals surface area contributed by atoms with Gasteiger partial charge in [-0.15, -0.1) is 0 Å². The Hall–Kier alpha value is -1.29. The largest absolute Gasteiger partial charge is 0.494 e. The molecule has 0 bridgehead atoms. The third kappa shape index (κ3) is 5.92. The summed E-state index contributed by atoms with van der Waals surface area (Å²) in [4.78, 5) is 0. The highest BCUT2D eigenvalue weighted by Gasteiger charge is 2.12. The fraction of sp³-hybridized carbons (Fsp3) is 0.588. The van der Waals surface area contributed by atoms with Crippen LogP contribution in [0.4, 0.5) is 5.69 Å². The van der Waals surface area contributed by atoms with Crippen LogP contribution in [0.25, 0.3) is 0 Å². The van der Waals surface area contributed by atoms with Gasteiger partial charge in [0.1, 0.15) is 5.75 Å². The van der Waals surface area contributed by atoms with Crippen molar-refractivity contribution in [1.82, 2.24) is 5.32 Å². The lowest BCUT2D eigenvalue weighted by molar-refractivity contribution is 0.340. The second-order valence-electron chi connectivity index (χ2n) is 5.60. The van der Waals surface area contributed by atoms with Crippen molar-refractivity contribution < 1.29 is 4.74 Å². The van der Waals surface area contributed by atoms with Crippen molar-refractivity contribution in [2.24, 2.45) is 0 Å². The van der Waals surface area contributed by atoms with Gasteiger partial charge >= 0.3 is 0 Å². The van der Waals surface area contributed by atoms with Crippen LogP contribution in [0.5, 0.6) is 5.75 Å². The Balaban J connectivity index is 1.79. The highest BCUT2D eigenvalue weighted by atomic mass is 32.1. The van der Waals surface area contributed by atoms with E-state index < -0.39 is 0 Å². The topological polar surface area (TPSA) is 33.3 Å². The number of rotatable bonds is 4. The highest BCUT2D eigenvalue weighted by molar-refractivity contribution is 7.80. The van der Waals surface area contributed by atoms with E-state index in [-0.39, 0.29) is 0 Å². The fourth-order valence-electron chi connectivity index (χ4n) is 2.75. The summed E-state index contributed by atoms with van der Waals surface area (Å²) in [6.07, 6.45) is 9.18. The van der Waals surface area contributed by atoms with Gasteiger partial charge in [0.15, 0.2) is 5.11 Å². The predicted octanol–water partition coefficient (Wildman–Crippen LogP) is 4.48. The average molecular weight is 306 g/mol. The van der Waals surface area contributed by atoms with Crippen LogP contribution < -0.4 is 15.4 Å². The first-order chi connectivity index (χ1) is 10.3. The lowest BCUT2D eigenvalue weighted by Gasteiger charge is -2.22. The molecule has 1 saturated carbocycles. The second-order valence-corrected chi connectivity index (χ2v) is 6.01. The number of thiocarbonyl (C=S) groups is 1. The van der Waals surface area contributed by atoms with E-state index in [1.807, 2.05) is 31.2 Å². The number of hydrogen-bond donors (Lipinski definition) is 2. The lowest BCUT2D eigenvalue weighted by atomic mass is 9.97. The standard InChI is InChI=1S/C17H26N2OS/c1-2-20-16-12-10-15(11-13-16)19-17(21)18-14-8-6-4-3-5-7-9-14/h10-14H,2-9H2,1H3,(H2,18,19,21). The van der Waals surface area contributed by atoms with Gasteiger partial charge in [-0.3, -0.25) is 0 Å². The van der Waals surface area contributed by atoms with Crippen molar-refractivity contribution in [2.45, 2.75) is 57.9 Å². The summed E-state index contributed by atoms with van der Waals surface area (Å²) in [7, 11) is 0. The molecule has 0 atom stereocenters. The van der Waals surface area contributed by atoms with Crippen LogP contribution in [0.2, 0.25) is 0 Å². The number of hydrogen-bond acceptors (Lipinski definition) is 2. The monoisotopic (exact) mass is 306 g/mol. The van der Waals surface area contributed by atoms with Crippen molar-refractivity contribution in [3.8, 4) is 5.75 Å². The van der Waals surface area contributed by atoms with Gasteiger partial charge in [-0.1, -0.05) is 32.1 Å². The summed E-state index contributed by atoms with van der Waals surface area (Å²) in [6.45, 7) is 2.68. The maximum Gasteiger partial charge on any atom is 0.170 e. The predicted molar refractivity (Wildman–Crippen MR) is 93.1 cm³/mol. The Morgan fingerprint density at radius 1 is 1.10 bits per heavy atom. The summed E-state index contributed by atoms with van der Waals surface area (Å²) in [5.74, 6) is 0.891. The normalized spacial score (nSPS) is 16.6. The van der Waals surface area contributed by atoms with Crippen LogP contribution in [-0.2, 0) is 0 Å². The lowest BCUT2D eigenvalue weighted by Crippen LogP contribution is -2.38. The van der Waals surface area contributed by atoms with Crippen molar-refractivity contribution in [3.63, 3.8) is 0 Å². The minimum atomic E-state index is 0.521. The number of nitrogens with one attached hydrogen (secondary N) is 2. The molecule has 2 rings (SSSR count). The van der Waals surface area contributed by atoms with E-state index in [4.69, 9.17) is 17.0 Å². The maximum atomic E-state index is 5.44. The van der Waals surface area contributed by atoms with Crippen LogP contribution >= 0.6 is 12.2 Å². The molecule has 1 aliphatic rings. The number of ether oxygens (including phenoxy) is 1. The molecule has 1 fully saturated rings. The van der Waals surface area contributed by atoms with Gasteiger partial charge < -0.3 is 15.4 Å². The van der Waals surface area contributed by atoms with E-state index in [2.05, 4.69) is 10.6 Å². The SMILES string of the molecule is CCOc1ccc(NC(=S)NC2CCCCCCC2)cc1. The summed E-state index contributed by atoms with van der Waals surface area (Å²) < 4.78 is 5.44. The molecular weight excluding hydrogens is 280 g/mol. The van der Waals surface area contributed by atoms with Gasteiger partial charge in [0.05, 0.1) is 6.61 Å². The molecular formula is C17H26N2OS. The molecule has 21 heavy (non-hydrogen) atoms. The Bertz CT molecular complexity index is 425. The van der Waals surface area contributed by atoms with Crippen molar-refractivity contribution in [3.05, 3.63) is 24.3 Å². The molecule has 0 amide bonds. The Morgan fingerprint density at radius 3 is 2.33 bits per heavy atom. The molecule has 0 spiro atoms. The molecule has 2 N–H and O–H groups in total. The van der Waals surface area contributed by atoms with E-state index in [0.717, 1.165) is 16.5 Å². The van der Waals surface area contributed by atoms with Crippen LogP contribution in [-0.4, -0.2) is 17.8 Å². The molecule has 0 saturated heterocycles. The summed E-state index contributed by atoms with van der Waals surface area (Å²) >= 11 is 5.43. The molecule has 0 radical (unpaired) electrons. The van der Waals surface area contributed by atoms with Crippen LogP contribution in [0, 0.1) is 0 Å².